The van der Waals surface area contributed by atoms with Crippen molar-refractivity contribution in [2.75, 3.05) is 12.8 Å². The highest BCUT2D eigenvalue weighted by atomic mass is 79.9. The van der Waals surface area contributed by atoms with Crippen LogP contribution in [0.1, 0.15) is 5.56 Å². The lowest BCUT2D eigenvalue weighted by Crippen LogP contribution is -1.96. The van der Waals surface area contributed by atoms with Gasteiger partial charge in [0.05, 0.1) is 12.8 Å². The minimum absolute atomic E-state index is 0.0954. The van der Waals surface area contributed by atoms with Gasteiger partial charge in [0, 0.05) is 16.6 Å². The molecule has 2 aromatic carbocycles. The third-order valence-electron chi connectivity index (χ3n) is 2.64. The zero-order valence-electron chi connectivity index (χ0n) is 10.5. The highest BCUT2D eigenvalue weighted by Crippen LogP contribution is 2.34. The second kappa shape index (κ2) is 5.48. The molecule has 0 radical (unpaired) electrons. The number of rotatable bonds is 3. The minimum atomic E-state index is -0.515. The SMILES string of the molecule is COc1cc(Oc2ccc(Br)c(C)c2)c(N)cc1F. The molecule has 0 bridgehead atoms. The number of hydrogen-bond acceptors (Lipinski definition) is 3. The third-order valence-corrected chi connectivity index (χ3v) is 3.53. The molecule has 19 heavy (non-hydrogen) atoms. The Kier molecular flexibility index (Phi) is 3.95. The van der Waals surface area contributed by atoms with Gasteiger partial charge in [-0.05, 0) is 30.7 Å². The van der Waals surface area contributed by atoms with Gasteiger partial charge in [0.15, 0.2) is 17.3 Å². The molecule has 0 spiro atoms. The summed E-state index contributed by atoms with van der Waals surface area (Å²) in [4.78, 5) is 0. The summed E-state index contributed by atoms with van der Waals surface area (Å²) >= 11 is 3.41. The van der Waals surface area contributed by atoms with E-state index in [-0.39, 0.29) is 11.4 Å². The summed E-state index contributed by atoms with van der Waals surface area (Å²) in [6.45, 7) is 1.95. The molecule has 2 N–H and O–H groups in total. The molecule has 0 saturated carbocycles. The average Bonchev–Trinajstić information content (AvgIpc) is 2.37. The second-order valence-electron chi connectivity index (χ2n) is 4.04. The van der Waals surface area contributed by atoms with Crippen molar-refractivity contribution in [1.82, 2.24) is 0 Å². The lowest BCUT2D eigenvalue weighted by molar-refractivity contribution is 0.382. The monoisotopic (exact) mass is 325 g/mol. The molecule has 3 nitrogen and oxygen atoms in total. The van der Waals surface area contributed by atoms with Gasteiger partial charge in [0.2, 0.25) is 0 Å². The predicted octanol–water partition coefficient (Wildman–Crippen LogP) is 4.28. The number of nitrogen functional groups attached to an aromatic ring is 1. The number of methoxy groups -OCH3 is 1. The predicted molar refractivity (Wildman–Crippen MR) is 76.3 cm³/mol. The summed E-state index contributed by atoms with van der Waals surface area (Å²) in [5.74, 6) is 0.568. The first kappa shape index (κ1) is 13.7. The molecule has 0 atom stereocenters. The smallest absolute Gasteiger partial charge is 0.167 e. The van der Waals surface area contributed by atoms with Crippen LogP contribution in [0.15, 0.2) is 34.8 Å². The van der Waals surface area contributed by atoms with E-state index in [9.17, 15) is 4.39 Å². The van der Waals surface area contributed by atoms with Crippen molar-refractivity contribution < 1.29 is 13.9 Å². The van der Waals surface area contributed by atoms with E-state index >= 15 is 0 Å². The number of hydrogen-bond donors (Lipinski definition) is 1. The fraction of sp³-hybridized carbons (Fsp3) is 0.143. The summed E-state index contributed by atoms with van der Waals surface area (Å²) in [5, 5.41) is 0. The molecule has 0 unspecified atom stereocenters. The maximum absolute atomic E-state index is 13.4. The van der Waals surface area contributed by atoms with Gasteiger partial charge in [-0.3, -0.25) is 0 Å². The van der Waals surface area contributed by atoms with Crippen LogP contribution < -0.4 is 15.2 Å². The normalized spacial score (nSPS) is 10.3. The Morgan fingerprint density at radius 1 is 1.16 bits per heavy atom. The van der Waals surface area contributed by atoms with Crippen LogP contribution in [0.4, 0.5) is 10.1 Å². The zero-order chi connectivity index (χ0) is 14.0. The molecule has 0 aromatic heterocycles. The van der Waals surface area contributed by atoms with Gasteiger partial charge in [0.1, 0.15) is 5.75 Å². The third kappa shape index (κ3) is 2.98. The summed E-state index contributed by atoms with van der Waals surface area (Å²) < 4.78 is 25.0. The van der Waals surface area contributed by atoms with Crippen LogP contribution in [-0.2, 0) is 0 Å². The molecule has 0 saturated heterocycles. The summed E-state index contributed by atoms with van der Waals surface area (Å²) in [6, 6.07) is 8.15. The van der Waals surface area contributed by atoms with E-state index in [1.54, 1.807) is 6.07 Å². The molecule has 0 heterocycles. The Hall–Kier alpha value is -1.75. The maximum atomic E-state index is 13.4. The molecule has 0 aliphatic carbocycles. The summed E-state index contributed by atoms with van der Waals surface area (Å²) in [6.07, 6.45) is 0. The molecule has 100 valence electrons. The molecule has 2 rings (SSSR count). The second-order valence-corrected chi connectivity index (χ2v) is 4.89. The van der Waals surface area contributed by atoms with Crippen LogP contribution in [0.5, 0.6) is 17.2 Å². The standard InChI is InChI=1S/C14H13BrFNO2/c1-8-5-9(3-4-10(8)15)19-14-7-13(18-2)11(16)6-12(14)17/h3-7H,17H2,1-2H3. The minimum Gasteiger partial charge on any atom is -0.494 e. The quantitative estimate of drug-likeness (QED) is 0.856. The van der Waals surface area contributed by atoms with E-state index in [1.807, 2.05) is 19.1 Å². The van der Waals surface area contributed by atoms with E-state index in [0.29, 0.717) is 11.5 Å². The van der Waals surface area contributed by atoms with Crippen molar-refractivity contribution in [2.24, 2.45) is 0 Å². The maximum Gasteiger partial charge on any atom is 0.167 e. The van der Waals surface area contributed by atoms with Crippen molar-refractivity contribution in [3.63, 3.8) is 0 Å². The van der Waals surface area contributed by atoms with Gasteiger partial charge in [-0.2, -0.15) is 0 Å². The van der Waals surface area contributed by atoms with Gasteiger partial charge in [-0.15, -0.1) is 0 Å². The highest BCUT2D eigenvalue weighted by Gasteiger charge is 2.10. The van der Waals surface area contributed by atoms with Crippen LogP contribution in [0.3, 0.4) is 0 Å². The Labute approximate surface area is 119 Å². The first-order valence-electron chi connectivity index (χ1n) is 5.58. The first-order valence-corrected chi connectivity index (χ1v) is 6.37. The number of nitrogens with two attached hydrogens (primary N) is 1. The zero-order valence-corrected chi connectivity index (χ0v) is 12.1. The van der Waals surface area contributed by atoms with Crippen LogP contribution in [0, 0.1) is 12.7 Å². The largest absolute Gasteiger partial charge is 0.494 e. The van der Waals surface area contributed by atoms with Gasteiger partial charge in [-0.1, -0.05) is 15.9 Å². The molecular weight excluding hydrogens is 313 g/mol. The number of aryl methyl sites for hydroxylation is 1. The van der Waals surface area contributed by atoms with Crippen molar-refractivity contribution in [2.45, 2.75) is 6.92 Å². The molecule has 2 aromatic rings. The van der Waals surface area contributed by atoms with E-state index in [0.717, 1.165) is 10.0 Å². The van der Waals surface area contributed by atoms with Crippen LogP contribution in [0.2, 0.25) is 0 Å². The molecule has 0 aliphatic rings. The van der Waals surface area contributed by atoms with E-state index in [4.69, 9.17) is 15.2 Å². The molecule has 0 fully saturated rings. The van der Waals surface area contributed by atoms with Crippen LogP contribution >= 0.6 is 15.9 Å². The van der Waals surface area contributed by atoms with E-state index < -0.39 is 5.82 Å². The van der Waals surface area contributed by atoms with Crippen molar-refractivity contribution in [3.8, 4) is 17.2 Å². The van der Waals surface area contributed by atoms with Gasteiger partial charge in [0.25, 0.3) is 0 Å². The van der Waals surface area contributed by atoms with Crippen LogP contribution in [-0.4, -0.2) is 7.11 Å². The highest BCUT2D eigenvalue weighted by molar-refractivity contribution is 9.10. The van der Waals surface area contributed by atoms with Crippen molar-refractivity contribution >= 4 is 21.6 Å². The molecule has 0 amide bonds. The fourth-order valence-electron chi connectivity index (χ4n) is 1.60. The van der Waals surface area contributed by atoms with Crippen molar-refractivity contribution in [3.05, 3.63) is 46.2 Å². The van der Waals surface area contributed by atoms with Gasteiger partial charge in [-0.25, -0.2) is 4.39 Å². The van der Waals surface area contributed by atoms with Gasteiger partial charge >= 0.3 is 0 Å². The molecular formula is C14H13BrFNO2. The van der Waals surface area contributed by atoms with E-state index in [2.05, 4.69) is 15.9 Å². The Morgan fingerprint density at radius 2 is 1.89 bits per heavy atom. The topological polar surface area (TPSA) is 44.5 Å². The van der Waals surface area contributed by atoms with Crippen LogP contribution in [0.25, 0.3) is 0 Å². The molecule has 5 heteroatoms. The number of ether oxygens (including phenoxy) is 2. The molecule has 0 aliphatic heterocycles. The summed E-state index contributed by atoms with van der Waals surface area (Å²) in [5.41, 5.74) is 6.98. The van der Waals surface area contributed by atoms with Gasteiger partial charge < -0.3 is 15.2 Å². The first-order chi connectivity index (χ1) is 9.01. The lowest BCUT2D eigenvalue weighted by atomic mass is 10.2. The Morgan fingerprint density at radius 3 is 2.53 bits per heavy atom. The average molecular weight is 326 g/mol. The number of halogens is 2. The fourth-order valence-corrected chi connectivity index (χ4v) is 1.85. The lowest BCUT2D eigenvalue weighted by Gasteiger charge is -2.11. The Balaban J connectivity index is 2.34. The van der Waals surface area contributed by atoms with Crippen molar-refractivity contribution in [1.29, 1.82) is 0 Å². The Bertz CT molecular complexity index is 617. The van der Waals surface area contributed by atoms with E-state index in [1.165, 1.54) is 19.2 Å². The number of benzene rings is 2. The number of anilines is 1. The summed E-state index contributed by atoms with van der Waals surface area (Å²) in [7, 11) is 1.39.